The third-order valence-corrected chi connectivity index (χ3v) is 4.79. The number of halogens is 1. The van der Waals surface area contributed by atoms with Crippen molar-refractivity contribution in [3.63, 3.8) is 0 Å². The molecule has 8 heteroatoms. The van der Waals surface area contributed by atoms with Gasteiger partial charge in [0.1, 0.15) is 23.6 Å². The van der Waals surface area contributed by atoms with Gasteiger partial charge in [0.2, 0.25) is 0 Å². The van der Waals surface area contributed by atoms with Gasteiger partial charge < -0.3 is 14.8 Å². The lowest BCUT2D eigenvalue weighted by atomic mass is 10.1. The molecule has 4 aromatic rings. The van der Waals surface area contributed by atoms with Crippen LogP contribution < -0.4 is 20.3 Å². The first kappa shape index (κ1) is 20.1. The highest BCUT2D eigenvalue weighted by atomic mass is 19.1. The lowest BCUT2D eigenvalue weighted by Crippen LogP contribution is -2.20. The number of aromatic nitrogens is 2. The summed E-state index contributed by atoms with van der Waals surface area (Å²) < 4.78 is 25.7. The van der Waals surface area contributed by atoms with Gasteiger partial charge in [-0.1, -0.05) is 12.1 Å². The SMILES string of the molecule is COc1ccc(OC)c(-n2cnc3cc(C(=O)Nc4ccccc4F)ccc3c2=O)c1. The number of fused-ring (bicyclic) bond motifs is 1. The summed E-state index contributed by atoms with van der Waals surface area (Å²) in [6.45, 7) is 0. The summed E-state index contributed by atoms with van der Waals surface area (Å²) in [5, 5.41) is 2.83. The first-order valence-corrected chi connectivity index (χ1v) is 9.31. The second-order valence-corrected chi connectivity index (χ2v) is 6.62. The van der Waals surface area contributed by atoms with Crippen molar-refractivity contribution in [1.82, 2.24) is 9.55 Å². The molecule has 156 valence electrons. The maximum Gasteiger partial charge on any atom is 0.265 e. The van der Waals surface area contributed by atoms with Crippen molar-refractivity contribution in [2.24, 2.45) is 0 Å². The molecule has 0 saturated carbocycles. The number of carbonyl (C=O) groups excluding carboxylic acids is 1. The molecule has 1 amide bonds. The van der Waals surface area contributed by atoms with Gasteiger partial charge in [0.15, 0.2) is 0 Å². The van der Waals surface area contributed by atoms with Crippen LogP contribution in [-0.2, 0) is 0 Å². The normalized spacial score (nSPS) is 10.7. The molecule has 0 spiro atoms. The fraction of sp³-hybridized carbons (Fsp3) is 0.0870. The summed E-state index contributed by atoms with van der Waals surface area (Å²) in [5.74, 6) is -0.00905. The quantitative estimate of drug-likeness (QED) is 0.532. The largest absolute Gasteiger partial charge is 0.497 e. The number of methoxy groups -OCH3 is 2. The molecule has 7 nitrogen and oxygen atoms in total. The predicted octanol–water partition coefficient (Wildman–Crippen LogP) is 3.79. The molecular weight excluding hydrogens is 401 g/mol. The molecule has 1 N–H and O–H groups in total. The molecule has 0 radical (unpaired) electrons. The molecule has 0 saturated heterocycles. The van der Waals surface area contributed by atoms with Gasteiger partial charge in [-0.25, -0.2) is 9.37 Å². The third kappa shape index (κ3) is 3.83. The van der Waals surface area contributed by atoms with Crippen molar-refractivity contribution in [3.05, 3.63) is 88.7 Å². The maximum atomic E-state index is 13.8. The van der Waals surface area contributed by atoms with Crippen LogP contribution in [0.2, 0.25) is 0 Å². The first-order chi connectivity index (χ1) is 15.0. The van der Waals surface area contributed by atoms with E-state index in [0.29, 0.717) is 28.1 Å². The highest BCUT2D eigenvalue weighted by molar-refractivity contribution is 6.06. The molecule has 4 rings (SSSR count). The Morgan fingerprint density at radius 1 is 1.03 bits per heavy atom. The topological polar surface area (TPSA) is 82.4 Å². The summed E-state index contributed by atoms with van der Waals surface area (Å²) in [6.07, 6.45) is 1.36. The Morgan fingerprint density at radius 2 is 1.84 bits per heavy atom. The van der Waals surface area contributed by atoms with E-state index in [2.05, 4.69) is 10.3 Å². The molecule has 31 heavy (non-hydrogen) atoms. The lowest BCUT2D eigenvalue weighted by Gasteiger charge is -2.13. The number of carbonyl (C=O) groups is 1. The van der Waals surface area contributed by atoms with E-state index in [1.54, 1.807) is 24.3 Å². The van der Waals surface area contributed by atoms with Crippen molar-refractivity contribution >= 4 is 22.5 Å². The number of benzene rings is 3. The van der Waals surface area contributed by atoms with Crippen LogP contribution in [0.3, 0.4) is 0 Å². The van der Waals surface area contributed by atoms with Gasteiger partial charge in [0, 0.05) is 11.6 Å². The average Bonchev–Trinajstić information content (AvgIpc) is 2.80. The summed E-state index contributed by atoms with van der Waals surface area (Å²) in [6, 6.07) is 15.5. The van der Waals surface area contributed by atoms with Crippen molar-refractivity contribution in [2.45, 2.75) is 0 Å². The summed E-state index contributed by atoms with van der Waals surface area (Å²) in [5.41, 5.74) is 0.796. The average molecular weight is 419 g/mol. The minimum absolute atomic E-state index is 0.0705. The molecule has 0 aliphatic heterocycles. The standard InChI is InChI=1S/C23H18FN3O4/c1-30-15-8-10-21(31-2)20(12-15)27-13-25-19-11-14(7-9-16(19)23(27)29)22(28)26-18-6-4-3-5-17(18)24/h3-13H,1-2H3,(H,26,28). The number of amides is 1. The van der Waals surface area contributed by atoms with Gasteiger partial charge in [-0.2, -0.15) is 0 Å². The molecule has 0 aliphatic rings. The zero-order chi connectivity index (χ0) is 22.0. The van der Waals surface area contributed by atoms with Crippen LogP contribution >= 0.6 is 0 Å². The number of para-hydroxylation sites is 1. The highest BCUT2D eigenvalue weighted by Crippen LogP contribution is 2.27. The number of ether oxygens (including phenoxy) is 2. The first-order valence-electron chi connectivity index (χ1n) is 9.31. The predicted molar refractivity (Wildman–Crippen MR) is 115 cm³/mol. The van der Waals surface area contributed by atoms with E-state index in [4.69, 9.17) is 9.47 Å². The van der Waals surface area contributed by atoms with Crippen LogP contribution in [0, 0.1) is 5.82 Å². The van der Waals surface area contributed by atoms with Crippen LogP contribution in [0.1, 0.15) is 10.4 Å². The fourth-order valence-corrected chi connectivity index (χ4v) is 3.18. The Kier molecular flexibility index (Phi) is 5.36. The van der Waals surface area contributed by atoms with E-state index in [1.165, 1.54) is 61.5 Å². The van der Waals surface area contributed by atoms with Gasteiger partial charge in [-0.3, -0.25) is 14.2 Å². The van der Waals surface area contributed by atoms with Crippen molar-refractivity contribution in [1.29, 1.82) is 0 Å². The van der Waals surface area contributed by atoms with E-state index in [0.717, 1.165) is 0 Å². The molecule has 0 aliphatic carbocycles. The zero-order valence-corrected chi connectivity index (χ0v) is 16.8. The molecular formula is C23H18FN3O4. The monoisotopic (exact) mass is 419 g/mol. The molecule has 0 atom stereocenters. The summed E-state index contributed by atoms with van der Waals surface area (Å²) >= 11 is 0. The van der Waals surface area contributed by atoms with Gasteiger partial charge >= 0.3 is 0 Å². The van der Waals surface area contributed by atoms with E-state index >= 15 is 0 Å². The maximum absolute atomic E-state index is 13.8. The van der Waals surface area contributed by atoms with E-state index in [-0.39, 0.29) is 16.8 Å². The van der Waals surface area contributed by atoms with Crippen LogP contribution in [-0.4, -0.2) is 29.7 Å². The van der Waals surface area contributed by atoms with Crippen LogP contribution in [0.15, 0.2) is 71.8 Å². The Balaban J connectivity index is 1.73. The number of anilines is 1. The number of hydrogen-bond donors (Lipinski definition) is 1. The third-order valence-electron chi connectivity index (χ3n) is 4.79. The summed E-state index contributed by atoms with van der Waals surface area (Å²) in [7, 11) is 3.03. The lowest BCUT2D eigenvalue weighted by molar-refractivity contribution is 0.102. The van der Waals surface area contributed by atoms with E-state index in [9.17, 15) is 14.0 Å². The van der Waals surface area contributed by atoms with Crippen molar-refractivity contribution < 1.29 is 18.7 Å². The van der Waals surface area contributed by atoms with Crippen molar-refractivity contribution in [2.75, 3.05) is 19.5 Å². The van der Waals surface area contributed by atoms with Gasteiger partial charge in [0.25, 0.3) is 11.5 Å². The molecule has 0 fully saturated rings. The van der Waals surface area contributed by atoms with E-state index in [1.807, 2.05) is 0 Å². The number of nitrogens with zero attached hydrogens (tertiary/aromatic N) is 2. The van der Waals surface area contributed by atoms with Crippen LogP contribution in [0.25, 0.3) is 16.6 Å². The van der Waals surface area contributed by atoms with Crippen molar-refractivity contribution in [3.8, 4) is 17.2 Å². The molecule has 1 aromatic heterocycles. The molecule has 1 heterocycles. The molecule has 0 bridgehead atoms. The van der Waals surface area contributed by atoms with Gasteiger partial charge in [-0.15, -0.1) is 0 Å². The number of rotatable bonds is 5. The Bertz CT molecular complexity index is 1350. The Morgan fingerprint density at radius 3 is 2.58 bits per heavy atom. The fourth-order valence-electron chi connectivity index (χ4n) is 3.18. The number of hydrogen-bond acceptors (Lipinski definition) is 5. The second-order valence-electron chi connectivity index (χ2n) is 6.62. The minimum atomic E-state index is -0.537. The second kappa shape index (κ2) is 8.27. The highest BCUT2D eigenvalue weighted by Gasteiger charge is 2.14. The van der Waals surface area contributed by atoms with E-state index < -0.39 is 11.7 Å². The van der Waals surface area contributed by atoms with Crippen LogP contribution in [0.5, 0.6) is 11.5 Å². The minimum Gasteiger partial charge on any atom is -0.497 e. The Hall–Kier alpha value is -4.20. The summed E-state index contributed by atoms with van der Waals surface area (Å²) in [4.78, 5) is 29.9. The number of nitrogens with one attached hydrogen (secondary N) is 1. The zero-order valence-electron chi connectivity index (χ0n) is 16.8. The van der Waals surface area contributed by atoms with Crippen LogP contribution in [0.4, 0.5) is 10.1 Å². The smallest absolute Gasteiger partial charge is 0.265 e. The van der Waals surface area contributed by atoms with Gasteiger partial charge in [-0.05, 0) is 42.5 Å². The molecule has 0 unspecified atom stereocenters. The molecule has 3 aromatic carbocycles. The van der Waals surface area contributed by atoms with Gasteiger partial charge in [0.05, 0.1) is 36.5 Å². The Labute approximate surface area is 176 Å².